The van der Waals surface area contributed by atoms with Crippen LogP contribution in [-0.2, 0) is 6.54 Å². The van der Waals surface area contributed by atoms with E-state index in [0.717, 1.165) is 5.69 Å². The number of hydrogen-bond acceptors (Lipinski definition) is 2. The molecule has 1 aromatic rings. The van der Waals surface area contributed by atoms with Gasteiger partial charge in [-0.3, -0.25) is 4.98 Å². The molecule has 1 heterocycles. The lowest BCUT2D eigenvalue weighted by atomic mass is 10.1. The number of pyridine rings is 1. The van der Waals surface area contributed by atoms with Gasteiger partial charge in [0.05, 0.1) is 0 Å². The maximum absolute atomic E-state index is 12.4. The summed E-state index contributed by atoms with van der Waals surface area (Å²) >= 11 is 1.88. The van der Waals surface area contributed by atoms with Crippen LogP contribution in [-0.4, -0.2) is 4.98 Å². The molecule has 0 aromatic carbocycles. The van der Waals surface area contributed by atoms with Crippen LogP contribution in [0.4, 0.5) is 8.78 Å². The Balaban J connectivity index is 3.27. The quantitative estimate of drug-likeness (QED) is 0.852. The Morgan fingerprint density at radius 3 is 2.69 bits per heavy atom. The molecule has 0 aliphatic rings. The summed E-state index contributed by atoms with van der Waals surface area (Å²) < 4.78 is 25.3. The standard InChI is InChI=1S/C8H9F2IN2/c1-4-5(2-12)7(11)6(3-13-4)8(9)10/h3,8H,2,12H2,1H3. The predicted molar refractivity (Wildman–Crippen MR) is 54.5 cm³/mol. The van der Waals surface area contributed by atoms with Crippen LogP contribution in [0.15, 0.2) is 6.20 Å². The second-order valence-electron chi connectivity index (χ2n) is 2.60. The van der Waals surface area contributed by atoms with Crippen molar-refractivity contribution in [1.82, 2.24) is 4.98 Å². The fourth-order valence-corrected chi connectivity index (χ4v) is 2.01. The van der Waals surface area contributed by atoms with E-state index >= 15 is 0 Å². The maximum Gasteiger partial charge on any atom is 0.266 e. The second kappa shape index (κ2) is 4.28. The van der Waals surface area contributed by atoms with Crippen molar-refractivity contribution in [1.29, 1.82) is 0 Å². The van der Waals surface area contributed by atoms with Crippen molar-refractivity contribution >= 4 is 22.6 Å². The summed E-state index contributed by atoms with van der Waals surface area (Å²) in [4.78, 5) is 3.87. The number of nitrogens with two attached hydrogens (primary N) is 1. The van der Waals surface area contributed by atoms with Crippen LogP contribution in [0.2, 0.25) is 0 Å². The molecule has 1 aromatic heterocycles. The van der Waals surface area contributed by atoms with Gasteiger partial charge in [0.25, 0.3) is 6.43 Å². The number of halogens is 3. The third-order valence-electron chi connectivity index (χ3n) is 1.79. The summed E-state index contributed by atoms with van der Waals surface area (Å²) in [5.74, 6) is 0. The molecule has 0 saturated carbocycles. The molecule has 0 aliphatic heterocycles. The van der Waals surface area contributed by atoms with Crippen LogP contribution < -0.4 is 5.73 Å². The van der Waals surface area contributed by atoms with Gasteiger partial charge in [0.2, 0.25) is 0 Å². The Kier molecular flexibility index (Phi) is 3.55. The molecule has 2 N–H and O–H groups in total. The first-order chi connectivity index (χ1) is 6.07. The number of nitrogens with zero attached hydrogens (tertiary/aromatic N) is 1. The van der Waals surface area contributed by atoms with Gasteiger partial charge in [-0.15, -0.1) is 0 Å². The van der Waals surface area contributed by atoms with Gasteiger partial charge in [-0.05, 0) is 29.5 Å². The molecule has 0 saturated heterocycles. The Hall–Kier alpha value is -0.300. The number of aromatic nitrogens is 1. The van der Waals surface area contributed by atoms with Crippen LogP contribution in [0, 0.1) is 10.5 Å². The highest BCUT2D eigenvalue weighted by Gasteiger charge is 2.15. The van der Waals surface area contributed by atoms with Crippen molar-refractivity contribution in [3.05, 3.63) is 26.6 Å². The molecule has 1 rings (SSSR count). The van der Waals surface area contributed by atoms with Crippen molar-refractivity contribution in [3.8, 4) is 0 Å². The van der Waals surface area contributed by atoms with Crippen molar-refractivity contribution in [2.24, 2.45) is 5.73 Å². The average Bonchev–Trinajstić information content (AvgIpc) is 2.04. The molecule has 0 unspecified atom stereocenters. The van der Waals surface area contributed by atoms with E-state index in [1.165, 1.54) is 6.20 Å². The fraction of sp³-hybridized carbons (Fsp3) is 0.375. The highest BCUT2D eigenvalue weighted by Crippen LogP contribution is 2.27. The average molecular weight is 298 g/mol. The van der Waals surface area contributed by atoms with Crippen LogP contribution in [0.1, 0.15) is 23.2 Å². The molecule has 0 spiro atoms. The van der Waals surface area contributed by atoms with Gasteiger partial charge >= 0.3 is 0 Å². The molecule has 13 heavy (non-hydrogen) atoms. The zero-order valence-electron chi connectivity index (χ0n) is 7.02. The molecule has 72 valence electrons. The van der Waals surface area contributed by atoms with Crippen molar-refractivity contribution < 1.29 is 8.78 Å². The third-order valence-corrected chi connectivity index (χ3v) is 3.07. The van der Waals surface area contributed by atoms with Gasteiger partial charge in [0, 0.05) is 33.1 Å². The molecule has 0 atom stereocenters. The largest absolute Gasteiger partial charge is 0.326 e. The van der Waals surface area contributed by atoms with Crippen LogP contribution in [0.5, 0.6) is 0 Å². The lowest BCUT2D eigenvalue weighted by molar-refractivity contribution is 0.150. The second-order valence-corrected chi connectivity index (χ2v) is 3.68. The summed E-state index contributed by atoms with van der Waals surface area (Å²) in [5.41, 5.74) is 6.82. The topological polar surface area (TPSA) is 38.9 Å². The van der Waals surface area contributed by atoms with Crippen LogP contribution in [0.3, 0.4) is 0 Å². The Morgan fingerprint density at radius 2 is 2.23 bits per heavy atom. The molecule has 0 radical (unpaired) electrons. The van der Waals surface area contributed by atoms with Gasteiger partial charge in [-0.2, -0.15) is 0 Å². The SMILES string of the molecule is Cc1ncc(C(F)F)c(I)c1CN. The highest BCUT2D eigenvalue weighted by molar-refractivity contribution is 14.1. The van der Waals surface area contributed by atoms with Crippen LogP contribution >= 0.6 is 22.6 Å². The van der Waals surface area contributed by atoms with E-state index in [0.29, 0.717) is 9.13 Å². The predicted octanol–water partition coefficient (Wildman–Crippen LogP) is 2.39. The highest BCUT2D eigenvalue weighted by atomic mass is 127. The Labute approximate surface area is 88.7 Å². The summed E-state index contributed by atoms with van der Waals surface area (Å²) in [6, 6.07) is 0. The van der Waals surface area contributed by atoms with E-state index in [9.17, 15) is 8.78 Å². The minimum Gasteiger partial charge on any atom is -0.326 e. The zero-order valence-corrected chi connectivity index (χ0v) is 9.18. The van der Waals surface area contributed by atoms with E-state index in [1.54, 1.807) is 6.92 Å². The van der Waals surface area contributed by atoms with E-state index in [2.05, 4.69) is 4.98 Å². The Bertz CT molecular complexity index is 315. The maximum atomic E-state index is 12.4. The molecule has 5 heteroatoms. The van der Waals surface area contributed by atoms with Crippen molar-refractivity contribution in [2.75, 3.05) is 0 Å². The molecule has 0 amide bonds. The number of hydrogen-bond donors (Lipinski definition) is 1. The van der Waals surface area contributed by atoms with Gasteiger partial charge in [0.1, 0.15) is 0 Å². The van der Waals surface area contributed by atoms with E-state index < -0.39 is 6.43 Å². The van der Waals surface area contributed by atoms with Gasteiger partial charge in [-0.25, -0.2) is 8.78 Å². The van der Waals surface area contributed by atoms with Gasteiger partial charge < -0.3 is 5.73 Å². The molecule has 2 nitrogen and oxygen atoms in total. The minimum atomic E-state index is -2.48. The fourth-order valence-electron chi connectivity index (χ4n) is 1.02. The van der Waals surface area contributed by atoms with E-state index in [1.807, 2.05) is 22.6 Å². The lowest BCUT2D eigenvalue weighted by Crippen LogP contribution is -2.06. The van der Waals surface area contributed by atoms with E-state index in [-0.39, 0.29) is 12.1 Å². The zero-order chi connectivity index (χ0) is 10.0. The summed E-state index contributed by atoms with van der Waals surface area (Å²) in [5, 5.41) is 0. The monoisotopic (exact) mass is 298 g/mol. The lowest BCUT2D eigenvalue weighted by Gasteiger charge is -2.09. The molecule has 0 aliphatic carbocycles. The van der Waals surface area contributed by atoms with Crippen LogP contribution in [0.25, 0.3) is 0 Å². The smallest absolute Gasteiger partial charge is 0.266 e. The molecule has 0 bridgehead atoms. The number of rotatable bonds is 2. The van der Waals surface area contributed by atoms with Crippen molar-refractivity contribution in [3.63, 3.8) is 0 Å². The molecule has 0 fully saturated rings. The summed E-state index contributed by atoms with van der Waals surface area (Å²) in [7, 11) is 0. The van der Waals surface area contributed by atoms with Gasteiger partial charge in [-0.1, -0.05) is 0 Å². The first-order valence-electron chi connectivity index (χ1n) is 3.70. The first-order valence-corrected chi connectivity index (χ1v) is 4.78. The van der Waals surface area contributed by atoms with E-state index in [4.69, 9.17) is 5.73 Å². The summed E-state index contributed by atoms with van der Waals surface area (Å²) in [6.07, 6.45) is -1.27. The first kappa shape index (κ1) is 10.8. The number of alkyl halides is 2. The normalized spacial score (nSPS) is 10.9. The minimum absolute atomic E-state index is 0.0355. The number of aryl methyl sites for hydroxylation is 1. The molecular formula is C8H9F2IN2. The third kappa shape index (κ3) is 2.14. The Morgan fingerprint density at radius 1 is 1.62 bits per heavy atom. The van der Waals surface area contributed by atoms with Crippen molar-refractivity contribution in [2.45, 2.75) is 19.9 Å². The molecular weight excluding hydrogens is 289 g/mol. The van der Waals surface area contributed by atoms with Gasteiger partial charge in [0.15, 0.2) is 0 Å². The summed E-state index contributed by atoms with van der Waals surface area (Å²) in [6.45, 7) is 2.01.